The molecular weight excluding hydrogens is 256 g/mol. The molecule has 20 heavy (non-hydrogen) atoms. The third-order valence-corrected chi connectivity index (χ3v) is 3.20. The van der Waals surface area contributed by atoms with Gasteiger partial charge in [0, 0.05) is 13.0 Å². The molecule has 1 aromatic heterocycles. The quantitative estimate of drug-likeness (QED) is 0.594. The molecule has 0 fully saturated rings. The topological polar surface area (TPSA) is 89.8 Å². The summed E-state index contributed by atoms with van der Waals surface area (Å²) in [6, 6.07) is 5.53. The number of nitrogens with one attached hydrogen (secondary N) is 4. The third kappa shape index (κ3) is 3.48. The largest absolute Gasteiger partial charge is 0.350 e. The van der Waals surface area contributed by atoms with Crippen LogP contribution in [0.25, 0.3) is 11.0 Å². The van der Waals surface area contributed by atoms with E-state index < -0.39 is 0 Å². The summed E-state index contributed by atoms with van der Waals surface area (Å²) in [6.07, 6.45) is 0.460. The number of H-pyrrole nitrogens is 2. The number of aromatic amines is 2. The van der Waals surface area contributed by atoms with Crippen LogP contribution in [0.2, 0.25) is 0 Å². The Morgan fingerprint density at radius 2 is 2.05 bits per heavy atom. The Balaban J connectivity index is 2.01. The van der Waals surface area contributed by atoms with Gasteiger partial charge in [-0.05, 0) is 31.2 Å². The number of carbonyl (C=O) groups excluding carboxylic acids is 1. The fourth-order valence-corrected chi connectivity index (χ4v) is 2.10. The van der Waals surface area contributed by atoms with E-state index in [0.717, 1.165) is 23.1 Å². The van der Waals surface area contributed by atoms with E-state index in [1.165, 1.54) is 0 Å². The van der Waals surface area contributed by atoms with Crippen LogP contribution in [0.4, 0.5) is 0 Å². The first-order chi connectivity index (χ1) is 9.60. The number of carbonyl (C=O) groups is 1. The van der Waals surface area contributed by atoms with Crippen molar-refractivity contribution < 1.29 is 4.79 Å². The highest BCUT2D eigenvalue weighted by Crippen LogP contribution is 2.16. The monoisotopic (exact) mass is 276 g/mol. The van der Waals surface area contributed by atoms with E-state index in [1.807, 2.05) is 32.0 Å². The number of hydrogen-bond donors (Lipinski definition) is 4. The Kier molecular flexibility index (Phi) is 4.57. The highest BCUT2D eigenvalue weighted by molar-refractivity contribution is 5.78. The van der Waals surface area contributed by atoms with Crippen molar-refractivity contribution in [2.24, 2.45) is 0 Å². The molecule has 0 radical (unpaired) electrons. The zero-order valence-corrected chi connectivity index (χ0v) is 11.7. The van der Waals surface area contributed by atoms with Crippen molar-refractivity contribution in [3.05, 3.63) is 34.2 Å². The molecular formula is C14H20N4O2. The molecule has 108 valence electrons. The predicted octanol–water partition coefficient (Wildman–Crippen LogP) is 1.03. The van der Waals surface area contributed by atoms with Gasteiger partial charge in [0.05, 0.1) is 17.1 Å². The van der Waals surface area contributed by atoms with Gasteiger partial charge in [0.15, 0.2) is 0 Å². The molecule has 6 heteroatoms. The van der Waals surface area contributed by atoms with E-state index in [9.17, 15) is 9.59 Å². The minimum atomic E-state index is -0.223. The lowest BCUT2D eigenvalue weighted by molar-refractivity contribution is -0.121. The zero-order chi connectivity index (χ0) is 14.5. The van der Waals surface area contributed by atoms with Crippen LogP contribution in [0.1, 0.15) is 31.9 Å². The number of hydrogen-bond acceptors (Lipinski definition) is 3. The first-order valence-corrected chi connectivity index (χ1v) is 6.82. The summed E-state index contributed by atoms with van der Waals surface area (Å²) in [5.41, 5.74) is 2.26. The molecule has 0 bridgehead atoms. The SMILES string of the molecule is CCNCCC(=O)NC(C)c1ccc2[nH]c(=O)[nH]c2c1. The summed E-state index contributed by atoms with van der Waals surface area (Å²) in [7, 11) is 0. The molecule has 0 aliphatic carbocycles. The van der Waals surface area contributed by atoms with Gasteiger partial charge in [0.25, 0.3) is 0 Å². The van der Waals surface area contributed by atoms with Gasteiger partial charge in [-0.15, -0.1) is 0 Å². The lowest BCUT2D eigenvalue weighted by Crippen LogP contribution is -2.29. The third-order valence-electron chi connectivity index (χ3n) is 3.20. The minimum absolute atomic E-state index is 0.0149. The summed E-state index contributed by atoms with van der Waals surface area (Å²) in [4.78, 5) is 28.4. The van der Waals surface area contributed by atoms with Crippen molar-refractivity contribution in [2.45, 2.75) is 26.3 Å². The van der Waals surface area contributed by atoms with E-state index in [1.54, 1.807) is 0 Å². The Hall–Kier alpha value is -2.08. The van der Waals surface area contributed by atoms with E-state index in [-0.39, 0.29) is 17.6 Å². The molecule has 1 unspecified atom stereocenters. The van der Waals surface area contributed by atoms with Crippen molar-refractivity contribution >= 4 is 16.9 Å². The van der Waals surface area contributed by atoms with Gasteiger partial charge >= 0.3 is 5.69 Å². The molecule has 0 aliphatic heterocycles. The fourth-order valence-electron chi connectivity index (χ4n) is 2.10. The molecule has 0 spiro atoms. The minimum Gasteiger partial charge on any atom is -0.350 e. The van der Waals surface area contributed by atoms with Gasteiger partial charge in [-0.1, -0.05) is 13.0 Å². The summed E-state index contributed by atoms with van der Waals surface area (Å²) in [5.74, 6) is 0.0149. The van der Waals surface area contributed by atoms with E-state index in [0.29, 0.717) is 13.0 Å². The number of imidazole rings is 1. The molecule has 1 aromatic carbocycles. The van der Waals surface area contributed by atoms with Crippen LogP contribution in [-0.2, 0) is 4.79 Å². The molecule has 0 saturated carbocycles. The van der Waals surface area contributed by atoms with E-state index in [4.69, 9.17) is 0 Å². The number of benzene rings is 1. The maximum absolute atomic E-state index is 11.8. The number of rotatable bonds is 6. The summed E-state index contributed by atoms with van der Waals surface area (Å²) in [6.45, 7) is 5.48. The second-order valence-corrected chi connectivity index (χ2v) is 4.78. The first kappa shape index (κ1) is 14.3. The second-order valence-electron chi connectivity index (χ2n) is 4.78. The van der Waals surface area contributed by atoms with Gasteiger partial charge in [0.1, 0.15) is 0 Å². The molecule has 6 nitrogen and oxygen atoms in total. The maximum atomic E-state index is 11.8. The molecule has 0 saturated heterocycles. The Labute approximate surface area is 117 Å². The smallest absolute Gasteiger partial charge is 0.323 e. The van der Waals surface area contributed by atoms with Gasteiger partial charge < -0.3 is 20.6 Å². The fraction of sp³-hybridized carbons (Fsp3) is 0.429. The van der Waals surface area contributed by atoms with Crippen LogP contribution in [0.15, 0.2) is 23.0 Å². The van der Waals surface area contributed by atoms with Gasteiger partial charge in [-0.2, -0.15) is 0 Å². The Morgan fingerprint density at radius 1 is 1.30 bits per heavy atom. The van der Waals surface area contributed by atoms with Gasteiger partial charge in [0.2, 0.25) is 5.91 Å². The lowest BCUT2D eigenvalue weighted by Gasteiger charge is -2.14. The number of amides is 1. The predicted molar refractivity (Wildman–Crippen MR) is 78.6 cm³/mol. The standard InChI is InChI=1S/C14H20N4O2/c1-3-15-7-6-13(19)16-9(2)10-4-5-11-12(8-10)18-14(20)17-11/h4-5,8-9,15H,3,6-7H2,1-2H3,(H,16,19)(H2,17,18,20). The highest BCUT2D eigenvalue weighted by Gasteiger charge is 2.10. The zero-order valence-electron chi connectivity index (χ0n) is 11.7. The van der Waals surface area contributed by atoms with Crippen LogP contribution in [0.5, 0.6) is 0 Å². The molecule has 0 aliphatic rings. The molecule has 2 rings (SSSR count). The van der Waals surface area contributed by atoms with Gasteiger partial charge in [-0.25, -0.2) is 4.79 Å². The molecule has 2 aromatic rings. The summed E-state index contributed by atoms with van der Waals surface area (Å²) in [5, 5.41) is 6.06. The van der Waals surface area contributed by atoms with Gasteiger partial charge in [-0.3, -0.25) is 4.79 Å². The van der Waals surface area contributed by atoms with Crippen molar-refractivity contribution in [3.63, 3.8) is 0 Å². The number of aromatic nitrogens is 2. The van der Waals surface area contributed by atoms with E-state index >= 15 is 0 Å². The lowest BCUT2D eigenvalue weighted by atomic mass is 10.1. The molecule has 1 amide bonds. The molecule has 1 heterocycles. The van der Waals surface area contributed by atoms with Crippen LogP contribution in [0.3, 0.4) is 0 Å². The summed E-state index contributed by atoms with van der Waals surface area (Å²) >= 11 is 0. The van der Waals surface area contributed by atoms with Crippen molar-refractivity contribution in [3.8, 4) is 0 Å². The van der Waals surface area contributed by atoms with Crippen LogP contribution < -0.4 is 16.3 Å². The second kappa shape index (κ2) is 6.38. The maximum Gasteiger partial charge on any atom is 0.323 e. The molecule has 1 atom stereocenters. The average molecular weight is 276 g/mol. The highest BCUT2D eigenvalue weighted by atomic mass is 16.1. The molecule has 4 N–H and O–H groups in total. The van der Waals surface area contributed by atoms with Crippen molar-refractivity contribution in [2.75, 3.05) is 13.1 Å². The number of fused-ring (bicyclic) bond motifs is 1. The van der Waals surface area contributed by atoms with E-state index in [2.05, 4.69) is 20.6 Å². The summed E-state index contributed by atoms with van der Waals surface area (Å²) < 4.78 is 0. The van der Waals surface area contributed by atoms with Crippen molar-refractivity contribution in [1.29, 1.82) is 0 Å². The van der Waals surface area contributed by atoms with Crippen LogP contribution >= 0.6 is 0 Å². The Morgan fingerprint density at radius 3 is 2.80 bits per heavy atom. The normalized spacial score (nSPS) is 12.5. The van der Waals surface area contributed by atoms with Crippen LogP contribution in [0, 0.1) is 0 Å². The van der Waals surface area contributed by atoms with Crippen LogP contribution in [-0.4, -0.2) is 29.0 Å². The van der Waals surface area contributed by atoms with Crippen molar-refractivity contribution in [1.82, 2.24) is 20.6 Å². The first-order valence-electron chi connectivity index (χ1n) is 6.82. The average Bonchev–Trinajstić information content (AvgIpc) is 2.77. The Bertz CT molecular complexity index is 644.